The Morgan fingerprint density at radius 1 is 1.00 bits per heavy atom. The van der Waals surface area contributed by atoms with Crippen molar-refractivity contribution in [3.05, 3.63) is 16.3 Å². The zero-order valence-electron chi connectivity index (χ0n) is 15.8. The lowest BCUT2D eigenvalue weighted by atomic mass is 9.96. The van der Waals surface area contributed by atoms with E-state index in [1.807, 2.05) is 9.47 Å². The number of aromatic nitrogens is 3. The van der Waals surface area contributed by atoms with Crippen molar-refractivity contribution in [1.29, 1.82) is 0 Å². The molecule has 0 radical (unpaired) electrons. The van der Waals surface area contributed by atoms with Crippen LogP contribution in [0.1, 0.15) is 82.0 Å². The fourth-order valence-corrected chi connectivity index (χ4v) is 4.48. The summed E-state index contributed by atoms with van der Waals surface area (Å²) in [7, 11) is 1.74. The average molecular weight is 361 g/mol. The van der Waals surface area contributed by atoms with Crippen LogP contribution in [0.3, 0.4) is 0 Å². The van der Waals surface area contributed by atoms with Gasteiger partial charge in [0.2, 0.25) is 0 Å². The van der Waals surface area contributed by atoms with Gasteiger partial charge >= 0.3 is 11.7 Å². The summed E-state index contributed by atoms with van der Waals surface area (Å²) in [5, 5.41) is 7.77. The molecule has 0 aromatic carbocycles. The van der Waals surface area contributed by atoms with Crippen molar-refractivity contribution in [3.63, 3.8) is 0 Å². The molecule has 2 heterocycles. The summed E-state index contributed by atoms with van der Waals surface area (Å²) in [6.07, 6.45) is 11.2. The molecule has 7 nitrogen and oxygen atoms in total. The summed E-state index contributed by atoms with van der Waals surface area (Å²) in [6.45, 7) is 1.50. The van der Waals surface area contributed by atoms with Crippen molar-refractivity contribution in [2.75, 3.05) is 13.1 Å². The zero-order valence-corrected chi connectivity index (χ0v) is 15.8. The molecule has 1 aromatic heterocycles. The summed E-state index contributed by atoms with van der Waals surface area (Å²) < 4.78 is 3.38. The lowest BCUT2D eigenvalue weighted by molar-refractivity contribution is 0.175. The van der Waals surface area contributed by atoms with Crippen LogP contribution in [0.5, 0.6) is 0 Å². The molecule has 1 N–H and O–H groups in total. The van der Waals surface area contributed by atoms with Crippen LogP contribution in [0.2, 0.25) is 0 Å². The topological polar surface area (TPSA) is 72.2 Å². The van der Waals surface area contributed by atoms with Gasteiger partial charge in [-0.1, -0.05) is 25.7 Å². The van der Waals surface area contributed by atoms with Crippen LogP contribution in [0.25, 0.3) is 0 Å². The Kier molecular flexibility index (Phi) is 5.05. The van der Waals surface area contributed by atoms with Gasteiger partial charge in [-0.25, -0.2) is 14.3 Å². The lowest BCUT2D eigenvalue weighted by Gasteiger charge is -2.33. The fraction of sp³-hybridized carbons (Fsp3) is 0.842. The average Bonchev–Trinajstić information content (AvgIpc) is 3.46. The molecule has 1 saturated heterocycles. The number of nitrogens with zero attached hydrogens (tertiary/aromatic N) is 4. The largest absolute Gasteiger partial charge is 0.345 e. The Hall–Kier alpha value is -1.79. The number of hydrogen-bond acceptors (Lipinski definition) is 3. The molecule has 0 spiro atoms. The van der Waals surface area contributed by atoms with Gasteiger partial charge in [0, 0.05) is 38.1 Å². The SMILES string of the molecule is Cn1nc(C2CCN(C(=O)NC3CCCCCC3)CC2)n(C2CC2)c1=O. The summed E-state index contributed by atoms with van der Waals surface area (Å²) >= 11 is 0. The highest BCUT2D eigenvalue weighted by molar-refractivity contribution is 5.74. The van der Waals surface area contributed by atoms with E-state index in [0.717, 1.165) is 57.4 Å². The first kappa shape index (κ1) is 17.6. The number of carbonyl (C=O) groups excluding carboxylic acids is 1. The molecule has 3 aliphatic rings. The molecule has 1 aliphatic heterocycles. The van der Waals surface area contributed by atoms with E-state index in [1.54, 1.807) is 7.05 Å². The van der Waals surface area contributed by atoms with Crippen molar-refractivity contribution < 1.29 is 4.79 Å². The Bertz CT molecular complexity index is 689. The third-order valence-corrected chi connectivity index (χ3v) is 6.22. The highest BCUT2D eigenvalue weighted by atomic mass is 16.2. The number of amides is 2. The predicted octanol–water partition coefficient (Wildman–Crippen LogP) is 2.53. The maximum atomic E-state index is 12.6. The minimum atomic E-state index is 0.0102. The maximum Gasteiger partial charge on any atom is 0.345 e. The smallest absolute Gasteiger partial charge is 0.335 e. The van der Waals surface area contributed by atoms with E-state index in [1.165, 1.54) is 30.4 Å². The first-order chi connectivity index (χ1) is 12.6. The predicted molar refractivity (Wildman–Crippen MR) is 99.3 cm³/mol. The number of likely N-dealkylation sites (tertiary alicyclic amines) is 1. The molecule has 7 heteroatoms. The highest BCUT2D eigenvalue weighted by Gasteiger charge is 2.34. The van der Waals surface area contributed by atoms with Crippen LogP contribution in [0.15, 0.2) is 4.79 Å². The van der Waals surface area contributed by atoms with E-state index in [-0.39, 0.29) is 17.6 Å². The molecule has 26 heavy (non-hydrogen) atoms. The van der Waals surface area contributed by atoms with Gasteiger partial charge < -0.3 is 10.2 Å². The third kappa shape index (κ3) is 3.67. The fourth-order valence-electron chi connectivity index (χ4n) is 4.48. The van der Waals surface area contributed by atoms with Crippen molar-refractivity contribution in [3.8, 4) is 0 Å². The van der Waals surface area contributed by atoms with E-state index in [0.29, 0.717) is 12.1 Å². The minimum absolute atomic E-state index is 0.0102. The van der Waals surface area contributed by atoms with Crippen molar-refractivity contribution >= 4 is 6.03 Å². The molecule has 2 amide bonds. The standard InChI is InChI=1S/C19H31N5O2/c1-22-19(26)24(16-8-9-16)17(21-22)14-10-12-23(13-11-14)18(25)20-15-6-4-2-3-5-7-15/h14-16H,2-13H2,1H3,(H,20,25). The van der Waals surface area contributed by atoms with Crippen LogP contribution in [-0.4, -0.2) is 44.4 Å². The molecule has 144 valence electrons. The summed E-state index contributed by atoms with van der Waals surface area (Å²) in [4.78, 5) is 26.9. The summed E-state index contributed by atoms with van der Waals surface area (Å²) in [6, 6.07) is 0.789. The second-order valence-electron chi connectivity index (χ2n) is 8.26. The number of piperidine rings is 1. The second-order valence-corrected chi connectivity index (χ2v) is 8.26. The van der Waals surface area contributed by atoms with Gasteiger partial charge in [0.05, 0.1) is 0 Å². The molecule has 0 bridgehead atoms. The Morgan fingerprint density at radius 3 is 2.27 bits per heavy atom. The Labute approximate surface area is 154 Å². The molecule has 4 rings (SSSR count). The van der Waals surface area contributed by atoms with E-state index in [2.05, 4.69) is 10.4 Å². The highest BCUT2D eigenvalue weighted by Crippen LogP contribution is 2.37. The number of rotatable bonds is 3. The van der Waals surface area contributed by atoms with E-state index in [9.17, 15) is 9.59 Å². The van der Waals surface area contributed by atoms with E-state index < -0.39 is 0 Å². The monoisotopic (exact) mass is 361 g/mol. The van der Waals surface area contributed by atoms with Gasteiger partial charge in [-0.15, -0.1) is 0 Å². The van der Waals surface area contributed by atoms with Gasteiger partial charge in [0.1, 0.15) is 5.82 Å². The van der Waals surface area contributed by atoms with Crippen molar-refractivity contribution in [2.24, 2.45) is 7.05 Å². The van der Waals surface area contributed by atoms with Crippen molar-refractivity contribution in [2.45, 2.75) is 82.2 Å². The maximum absolute atomic E-state index is 12.6. The van der Waals surface area contributed by atoms with Crippen LogP contribution in [0.4, 0.5) is 4.79 Å². The first-order valence-corrected chi connectivity index (χ1v) is 10.3. The summed E-state index contributed by atoms with van der Waals surface area (Å²) in [5.74, 6) is 1.22. The number of aryl methyl sites for hydroxylation is 1. The van der Waals surface area contributed by atoms with Crippen LogP contribution >= 0.6 is 0 Å². The van der Waals surface area contributed by atoms with Gasteiger partial charge in [-0.05, 0) is 38.5 Å². The molecular weight excluding hydrogens is 330 g/mol. The second kappa shape index (κ2) is 7.45. The Balaban J connectivity index is 1.35. The quantitative estimate of drug-likeness (QED) is 0.841. The zero-order chi connectivity index (χ0) is 18.1. The first-order valence-electron chi connectivity index (χ1n) is 10.3. The van der Waals surface area contributed by atoms with Crippen LogP contribution in [0, 0.1) is 0 Å². The molecule has 2 aliphatic carbocycles. The van der Waals surface area contributed by atoms with Gasteiger partial charge in [-0.2, -0.15) is 5.10 Å². The van der Waals surface area contributed by atoms with Gasteiger partial charge in [0.15, 0.2) is 0 Å². The number of hydrogen-bond donors (Lipinski definition) is 1. The van der Waals surface area contributed by atoms with E-state index >= 15 is 0 Å². The third-order valence-electron chi connectivity index (χ3n) is 6.22. The minimum Gasteiger partial charge on any atom is -0.335 e. The van der Waals surface area contributed by atoms with Crippen molar-refractivity contribution in [1.82, 2.24) is 24.6 Å². The normalized spacial score (nSPS) is 23.0. The van der Waals surface area contributed by atoms with Gasteiger partial charge in [-0.3, -0.25) is 4.57 Å². The molecule has 3 fully saturated rings. The van der Waals surface area contributed by atoms with E-state index in [4.69, 9.17) is 0 Å². The molecule has 0 atom stereocenters. The molecule has 1 aromatic rings. The lowest BCUT2D eigenvalue weighted by Crippen LogP contribution is -2.47. The van der Waals surface area contributed by atoms with Gasteiger partial charge in [0.25, 0.3) is 0 Å². The molecule has 0 unspecified atom stereocenters. The molecule has 2 saturated carbocycles. The Morgan fingerprint density at radius 2 is 1.65 bits per heavy atom. The molecular formula is C19H31N5O2. The van der Waals surface area contributed by atoms with Crippen LogP contribution in [-0.2, 0) is 7.05 Å². The van der Waals surface area contributed by atoms with Crippen LogP contribution < -0.4 is 11.0 Å². The number of carbonyl (C=O) groups is 1. The number of nitrogens with one attached hydrogen (secondary N) is 1. The summed E-state index contributed by atoms with van der Waals surface area (Å²) in [5.41, 5.74) is 0.0102. The number of urea groups is 1.